The zero-order valence-corrected chi connectivity index (χ0v) is 11.7. The second kappa shape index (κ2) is 4.66. The molecule has 0 aromatic rings. The van der Waals surface area contributed by atoms with Crippen molar-refractivity contribution in [3.63, 3.8) is 0 Å². The first-order valence-corrected chi connectivity index (χ1v) is 7.62. The average Bonchev–Trinajstić information content (AvgIpc) is 2.12. The monoisotopic (exact) mass is 255 g/mol. The Bertz CT molecular complexity index is 405. The molecule has 1 aliphatic heterocycles. The SMILES string of the molecule is [B]C1([B])CN(S(C)(=O)=O)CC([B])([B])C1([B])CCC. The maximum Gasteiger partial charge on any atom is 0.211 e. The van der Waals surface area contributed by atoms with Crippen molar-refractivity contribution in [1.82, 2.24) is 4.31 Å². The minimum atomic E-state index is -3.48. The first kappa shape index (κ1) is 16.3. The lowest BCUT2D eigenvalue weighted by atomic mass is 9.21. The minimum absolute atomic E-state index is 0.0987. The summed E-state index contributed by atoms with van der Waals surface area (Å²) in [5.41, 5.74) is 0. The van der Waals surface area contributed by atoms with Crippen LogP contribution < -0.4 is 0 Å². The third kappa shape index (κ3) is 2.58. The molecule has 1 saturated heterocycles. The molecule has 0 aliphatic carbocycles. The van der Waals surface area contributed by atoms with E-state index in [0.717, 1.165) is 10.6 Å². The molecule has 0 bridgehead atoms. The molecule has 1 fully saturated rings. The maximum absolute atomic E-state index is 11.6. The Labute approximate surface area is 117 Å². The van der Waals surface area contributed by atoms with Crippen LogP contribution in [0.1, 0.15) is 19.8 Å². The van der Waals surface area contributed by atoms with Gasteiger partial charge in [-0.05, 0) is 0 Å². The maximum atomic E-state index is 11.6. The highest BCUT2D eigenvalue weighted by Gasteiger charge is 2.53. The largest absolute Gasteiger partial charge is 0.213 e. The van der Waals surface area contributed by atoms with Crippen LogP contribution in [0.5, 0.6) is 0 Å². The van der Waals surface area contributed by atoms with Crippen molar-refractivity contribution in [3.05, 3.63) is 0 Å². The minimum Gasteiger partial charge on any atom is -0.213 e. The summed E-state index contributed by atoms with van der Waals surface area (Å²) in [5.74, 6) is 0. The third-order valence-electron chi connectivity index (χ3n) is 3.65. The van der Waals surface area contributed by atoms with Gasteiger partial charge in [-0.15, -0.1) is 0 Å². The summed E-state index contributed by atoms with van der Waals surface area (Å²) in [4.78, 5) is 0. The highest BCUT2D eigenvalue weighted by atomic mass is 32.2. The van der Waals surface area contributed by atoms with E-state index in [1.54, 1.807) is 0 Å². The fourth-order valence-corrected chi connectivity index (χ4v) is 3.35. The first-order valence-electron chi connectivity index (χ1n) is 5.77. The van der Waals surface area contributed by atoms with Crippen LogP contribution in [0.15, 0.2) is 0 Å². The van der Waals surface area contributed by atoms with Crippen LogP contribution in [0, 0.1) is 0 Å². The summed E-state index contributed by atoms with van der Waals surface area (Å²) >= 11 is 0. The fourth-order valence-electron chi connectivity index (χ4n) is 2.45. The van der Waals surface area contributed by atoms with Crippen molar-refractivity contribution in [1.29, 1.82) is 0 Å². The highest BCUT2D eigenvalue weighted by molar-refractivity contribution is 7.88. The molecule has 18 heavy (non-hydrogen) atoms. The Morgan fingerprint density at radius 1 is 1.06 bits per heavy atom. The molecule has 0 saturated carbocycles. The number of piperidine rings is 1. The molecule has 1 rings (SSSR count). The molecular weight excluding hydrogens is 240 g/mol. The zero-order chi connectivity index (χ0) is 14.4. The van der Waals surface area contributed by atoms with Crippen LogP contribution in [-0.4, -0.2) is 71.3 Å². The molecular formula is C9H14B5NO2S. The summed E-state index contributed by atoms with van der Waals surface area (Å²) in [6.45, 7) is 1.71. The van der Waals surface area contributed by atoms with Gasteiger partial charge in [0.2, 0.25) is 10.0 Å². The van der Waals surface area contributed by atoms with Crippen molar-refractivity contribution in [3.8, 4) is 0 Å². The van der Waals surface area contributed by atoms with Crippen molar-refractivity contribution in [2.75, 3.05) is 19.3 Å². The van der Waals surface area contributed by atoms with Crippen LogP contribution >= 0.6 is 0 Å². The summed E-state index contributed by atoms with van der Waals surface area (Å²) in [6.07, 6.45) is 2.18. The molecule has 9 heteroatoms. The van der Waals surface area contributed by atoms with Gasteiger partial charge in [-0.3, -0.25) is 0 Å². The predicted molar refractivity (Wildman–Crippen MR) is 78.2 cm³/mol. The van der Waals surface area contributed by atoms with Gasteiger partial charge in [-0.2, -0.15) is 0 Å². The molecule has 0 unspecified atom stereocenters. The van der Waals surface area contributed by atoms with Crippen LogP contribution in [0.4, 0.5) is 0 Å². The number of sulfonamides is 1. The van der Waals surface area contributed by atoms with Gasteiger partial charge >= 0.3 is 0 Å². The average molecular weight is 254 g/mol. The summed E-state index contributed by atoms with van der Waals surface area (Å²) in [6, 6.07) is 0. The van der Waals surface area contributed by atoms with Gasteiger partial charge in [0.05, 0.1) is 45.5 Å². The first-order chi connectivity index (χ1) is 7.87. The molecule has 10 radical (unpaired) electrons. The lowest BCUT2D eigenvalue weighted by Gasteiger charge is -2.63. The third-order valence-corrected chi connectivity index (χ3v) is 4.85. The van der Waals surface area contributed by atoms with Gasteiger partial charge in [-0.1, -0.05) is 35.5 Å². The van der Waals surface area contributed by atoms with E-state index < -0.39 is 25.8 Å². The standard InChI is InChI=1S/C9H14B5NO2S/c1-3-4-7(10)8(11,12)5-15(18(2,16)17)6-9(7,13)14/h3-6H2,1-2H3. The van der Waals surface area contributed by atoms with Gasteiger partial charge in [0.1, 0.15) is 0 Å². The van der Waals surface area contributed by atoms with Crippen molar-refractivity contribution in [2.45, 2.75) is 35.5 Å². The molecule has 0 atom stereocenters. The van der Waals surface area contributed by atoms with Gasteiger partial charge in [0, 0.05) is 13.1 Å². The predicted octanol–water partition coefficient (Wildman–Crippen LogP) is -0.705. The van der Waals surface area contributed by atoms with Crippen LogP contribution in [0.25, 0.3) is 0 Å². The topological polar surface area (TPSA) is 37.4 Å². The van der Waals surface area contributed by atoms with E-state index in [1.165, 1.54) is 0 Å². The van der Waals surface area contributed by atoms with Crippen molar-refractivity contribution >= 4 is 49.3 Å². The second-order valence-corrected chi connectivity index (χ2v) is 7.32. The summed E-state index contributed by atoms with van der Waals surface area (Å²) < 4.78 is 24.3. The Balaban J connectivity index is 3.22. The van der Waals surface area contributed by atoms with E-state index in [-0.39, 0.29) is 13.1 Å². The van der Waals surface area contributed by atoms with E-state index in [9.17, 15) is 8.42 Å². The molecule has 0 amide bonds. The Hall–Kier alpha value is 0.235. The van der Waals surface area contributed by atoms with E-state index in [1.807, 2.05) is 6.92 Å². The molecule has 0 aromatic heterocycles. The van der Waals surface area contributed by atoms with Crippen molar-refractivity contribution in [2.24, 2.45) is 0 Å². The molecule has 3 nitrogen and oxygen atoms in total. The summed E-state index contributed by atoms with van der Waals surface area (Å²) in [5, 5.41) is -4.18. The molecule has 0 spiro atoms. The lowest BCUT2D eigenvalue weighted by Crippen LogP contribution is -2.58. The van der Waals surface area contributed by atoms with Crippen LogP contribution in [0.2, 0.25) is 15.7 Å². The summed E-state index contributed by atoms with van der Waals surface area (Å²) in [7, 11) is 26.7. The smallest absolute Gasteiger partial charge is 0.211 e. The zero-order valence-electron chi connectivity index (χ0n) is 10.9. The molecule has 0 aromatic carbocycles. The Kier molecular flexibility index (Phi) is 4.21. The number of hydrogen-bond acceptors (Lipinski definition) is 2. The van der Waals surface area contributed by atoms with Crippen molar-refractivity contribution < 1.29 is 8.42 Å². The van der Waals surface area contributed by atoms with E-state index in [0.29, 0.717) is 12.8 Å². The Morgan fingerprint density at radius 3 is 1.72 bits per heavy atom. The molecule has 1 aliphatic rings. The van der Waals surface area contributed by atoms with Gasteiger partial charge in [-0.25, -0.2) is 12.7 Å². The number of rotatable bonds is 3. The molecule has 1 heterocycles. The fraction of sp³-hybridized carbons (Fsp3) is 1.00. The number of hydrogen-bond donors (Lipinski definition) is 0. The van der Waals surface area contributed by atoms with Crippen LogP contribution in [-0.2, 0) is 10.0 Å². The highest BCUT2D eigenvalue weighted by Crippen LogP contribution is 2.64. The second-order valence-electron chi connectivity index (χ2n) is 5.33. The molecule has 0 N–H and O–H groups in total. The Morgan fingerprint density at radius 2 is 1.44 bits per heavy atom. The van der Waals surface area contributed by atoms with E-state index in [2.05, 4.69) is 0 Å². The van der Waals surface area contributed by atoms with Gasteiger partial charge < -0.3 is 0 Å². The number of nitrogens with zero attached hydrogens (tertiary/aromatic N) is 1. The van der Waals surface area contributed by atoms with E-state index in [4.69, 9.17) is 39.2 Å². The van der Waals surface area contributed by atoms with Crippen LogP contribution in [0.3, 0.4) is 0 Å². The van der Waals surface area contributed by atoms with E-state index >= 15 is 0 Å². The van der Waals surface area contributed by atoms with Gasteiger partial charge in [0.15, 0.2) is 0 Å². The van der Waals surface area contributed by atoms with Gasteiger partial charge in [0.25, 0.3) is 0 Å². The normalized spacial score (nSPS) is 26.8. The molecule has 88 valence electrons. The lowest BCUT2D eigenvalue weighted by molar-refractivity contribution is 0.236. The quantitative estimate of drug-likeness (QED) is 0.624.